The van der Waals surface area contributed by atoms with E-state index >= 15 is 0 Å². The summed E-state index contributed by atoms with van der Waals surface area (Å²) in [5.74, 6) is 6.45. The van der Waals surface area contributed by atoms with Crippen molar-refractivity contribution in [3.63, 3.8) is 0 Å². The number of hydrazine groups is 1. The molecular formula is C10H14Cl2N2S. The predicted octanol–water partition coefficient (Wildman–Crippen LogP) is 3.75. The second kappa shape index (κ2) is 5.02. The highest BCUT2D eigenvalue weighted by molar-refractivity contribution is 7.20. The Bertz CT molecular complexity index is 336. The third-order valence-electron chi connectivity index (χ3n) is 2.82. The van der Waals surface area contributed by atoms with E-state index in [0.717, 1.165) is 26.6 Å². The van der Waals surface area contributed by atoms with Gasteiger partial charge in [0.1, 0.15) is 0 Å². The first-order chi connectivity index (χ1) is 7.20. The first-order valence-electron chi connectivity index (χ1n) is 5.11. The molecule has 84 valence electrons. The molecule has 1 aliphatic carbocycles. The molecule has 1 atom stereocenters. The first kappa shape index (κ1) is 11.7. The summed E-state index contributed by atoms with van der Waals surface area (Å²) in [4.78, 5) is 0. The molecular weight excluding hydrogens is 251 g/mol. The Balaban J connectivity index is 2.00. The molecule has 0 aliphatic heterocycles. The fourth-order valence-corrected chi connectivity index (χ4v) is 3.31. The molecule has 2 nitrogen and oxygen atoms in total. The lowest BCUT2D eigenvalue weighted by molar-refractivity contribution is 0.483. The second-order valence-electron chi connectivity index (χ2n) is 4.02. The average molecular weight is 265 g/mol. The molecule has 1 aromatic rings. The molecule has 0 bridgehead atoms. The van der Waals surface area contributed by atoms with Crippen molar-refractivity contribution < 1.29 is 0 Å². The van der Waals surface area contributed by atoms with E-state index in [-0.39, 0.29) is 6.04 Å². The van der Waals surface area contributed by atoms with E-state index in [0.29, 0.717) is 0 Å². The zero-order chi connectivity index (χ0) is 10.8. The summed E-state index contributed by atoms with van der Waals surface area (Å²) >= 11 is 13.4. The molecule has 0 amide bonds. The van der Waals surface area contributed by atoms with Gasteiger partial charge in [0.15, 0.2) is 0 Å². The molecule has 1 aromatic heterocycles. The van der Waals surface area contributed by atoms with Crippen molar-refractivity contribution in [3.05, 3.63) is 20.3 Å². The van der Waals surface area contributed by atoms with E-state index in [1.807, 2.05) is 6.07 Å². The van der Waals surface area contributed by atoms with Crippen LogP contribution in [0.4, 0.5) is 0 Å². The van der Waals surface area contributed by atoms with Crippen LogP contribution in [-0.4, -0.2) is 0 Å². The van der Waals surface area contributed by atoms with Gasteiger partial charge in [-0.1, -0.05) is 36.0 Å². The normalized spacial score (nSPS) is 18.1. The molecule has 2 rings (SSSR count). The Morgan fingerprint density at radius 1 is 1.53 bits per heavy atom. The Morgan fingerprint density at radius 2 is 2.27 bits per heavy atom. The van der Waals surface area contributed by atoms with E-state index in [1.165, 1.54) is 30.6 Å². The summed E-state index contributed by atoms with van der Waals surface area (Å²) < 4.78 is 1.47. The number of thiophene rings is 1. The molecule has 1 aliphatic rings. The van der Waals surface area contributed by atoms with Crippen LogP contribution in [0.1, 0.15) is 37.3 Å². The maximum Gasteiger partial charge on any atom is 0.0992 e. The number of rotatable bonds is 5. The van der Waals surface area contributed by atoms with Crippen molar-refractivity contribution in [1.82, 2.24) is 5.43 Å². The van der Waals surface area contributed by atoms with E-state index in [4.69, 9.17) is 29.0 Å². The van der Waals surface area contributed by atoms with Crippen molar-refractivity contribution >= 4 is 34.5 Å². The van der Waals surface area contributed by atoms with Crippen molar-refractivity contribution in [1.29, 1.82) is 0 Å². The molecule has 5 heteroatoms. The number of halogens is 2. The minimum absolute atomic E-state index is 0.141. The summed E-state index contributed by atoms with van der Waals surface area (Å²) in [6, 6.07) is 2.05. The third-order valence-corrected chi connectivity index (χ3v) is 4.34. The van der Waals surface area contributed by atoms with Gasteiger partial charge in [0.2, 0.25) is 0 Å². The third kappa shape index (κ3) is 3.08. The molecule has 1 heterocycles. The fourth-order valence-electron chi connectivity index (χ4n) is 1.73. The van der Waals surface area contributed by atoms with Gasteiger partial charge < -0.3 is 0 Å². The van der Waals surface area contributed by atoms with Gasteiger partial charge in [0.25, 0.3) is 0 Å². The highest BCUT2D eigenvalue weighted by Gasteiger charge is 2.24. The summed E-state index contributed by atoms with van der Waals surface area (Å²) in [6.07, 6.45) is 5.00. The van der Waals surface area contributed by atoms with Gasteiger partial charge in [-0.25, -0.2) is 0 Å². The minimum atomic E-state index is 0.141. The molecule has 0 spiro atoms. The molecule has 1 unspecified atom stereocenters. The Hall–Kier alpha value is 0.200. The van der Waals surface area contributed by atoms with Gasteiger partial charge in [-0.15, -0.1) is 11.3 Å². The topological polar surface area (TPSA) is 38.0 Å². The van der Waals surface area contributed by atoms with Crippen LogP contribution in [0.3, 0.4) is 0 Å². The van der Waals surface area contributed by atoms with Gasteiger partial charge in [-0.05, 0) is 24.8 Å². The standard InChI is InChI=1S/C10H14Cl2N2S/c11-9-5-7(10(12)15-9)8(14-13)4-3-6-1-2-6/h5-6,8,14H,1-4,13H2. The summed E-state index contributed by atoms with van der Waals surface area (Å²) in [6.45, 7) is 0. The number of nitrogens with two attached hydrogens (primary N) is 1. The maximum atomic E-state index is 6.09. The summed E-state index contributed by atoms with van der Waals surface area (Å²) in [7, 11) is 0. The van der Waals surface area contributed by atoms with Crippen molar-refractivity contribution in [2.45, 2.75) is 31.7 Å². The molecule has 15 heavy (non-hydrogen) atoms. The van der Waals surface area contributed by atoms with Crippen LogP contribution >= 0.6 is 34.5 Å². The van der Waals surface area contributed by atoms with Crippen LogP contribution in [0, 0.1) is 5.92 Å². The van der Waals surface area contributed by atoms with Crippen LogP contribution in [0.2, 0.25) is 8.67 Å². The maximum absolute atomic E-state index is 6.09. The fraction of sp³-hybridized carbons (Fsp3) is 0.600. The summed E-state index contributed by atoms with van der Waals surface area (Å²) in [5.41, 5.74) is 3.86. The lowest BCUT2D eigenvalue weighted by Crippen LogP contribution is -2.27. The molecule has 3 N–H and O–H groups in total. The van der Waals surface area contributed by atoms with Gasteiger partial charge in [0.05, 0.1) is 8.67 Å². The second-order valence-corrected chi connectivity index (χ2v) is 6.31. The molecule has 1 fully saturated rings. The van der Waals surface area contributed by atoms with Crippen LogP contribution in [0.25, 0.3) is 0 Å². The number of nitrogens with one attached hydrogen (secondary N) is 1. The number of hydrogen-bond acceptors (Lipinski definition) is 3. The SMILES string of the molecule is NNC(CCC1CC1)c1cc(Cl)sc1Cl. The van der Waals surface area contributed by atoms with Crippen molar-refractivity contribution in [2.24, 2.45) is 11.8 Å². The monoisotopic (exact) mass is 264 g/mol. The van der Waals surface area contributed by atoms with Crippen LogP contribution in [0.15, 0.2) is 6.07 Å². The molecule has 0 saturated heterocycles. The van der Waals surface area contributed by atoms with Crippen molar-refractivity contribution in [2.75, 3.05) is 0 Å². The lowest BCUT2D eigenvalue weighted by atomic mass is 10.0. The zero-order valence-corrected chi connectivity index (χ0v) is 10.6. The highest BCUT2D eigenvalue weighted by Crippen LogP contribution is 2.39. The summed E-state index contributed by atoms with van der Waals surface area (Å²) in [5, 5.41) is 0. The lowest BCUT2D eigenvalue weighted by Gasteiger charge is -2.14. The molecule has 0 radical (unpaired) electrons. The smallest absolute Gasteiger partial charge is 0.0992 e. The van der Waals surface area contributed by atoms with Crippen LogP contribution < -0.4 is 11.3 Å². The Kier molecular flexibility index (Phi) is 3.91. The largest absolute Gasteiger partial charge is 0.271 e. The Morgan fingerprint density at radius 3 is 2.73 bits per heavy atom. The molecule has 0 aromatic carbocycles. The predicted molar refractivity (Wildman–Crippen MR) is 66.4 cm³/mol. The van der Waals surface area contributed by atoms with E-state index in [1.54, 1.807) is 0 Å². The van der Waals surface area contributed by atoms with E-state index in [9.17, 15) is 0 Å². The minimum Gasteiger partial charge on any atom is -0.271 e. The Labute approximate surface area is 104 Å². The van der Waals surface area contributed by atoms with Gasteiger partial charge in [-0.2, -0.15) is 0 Å². The quantitative estimate of drug-likeness (QED) is 0.628. The van der Waals surface area contributed by atoms with Gasteiger partial charge >= 0.3 is 0 Å². The zero-order valence-electron chi connectivity index (χ0n) is 8.30. The average Bonchev–Trinajstić information content (AvgIpc) is 2.95. The van der Waals surface area contributed by atoms with Gasteiger partial charge in [0, 0.05) is 11.6 Å². The van der Waals surface area contributed by atoms with Gasteiger partial charge in [-0.3, -0.25) is 11.3 Å². The first-order valence-corrected chi connectivity index (χ1v) is 6.69. The molecule has 1 saturated carbocycles. The van der Waals surface area contributed by atoms with E-state index < -0.39 is 0 Å². The van der Waals surface area contributed by atoms with E-state index in [2.05, 4.69) is 5.43 Å². The van der Waals surface area contributed by atoms with Crippen LogP contribution in [0.5, 0.6) is 0 Å². The number of hydrogen-bond donors (Lipinski definition) is 2. The van der Waals surface area contributed by atoms with Crippen LogP contribution in [-0.2, 0) is 0 Å². The highest BCUT2D eigenvalue weighted by atomic mass is 35.5. The van der Waals surface area contributed by atoms with Crippen molar-refractivity contribution in [3.8, 4) is 0 Å².